The monoisotopic (exact) mass is 361 g/mol. The molecule has 6 heteroatoms. The van der Waals surface area contributed by atoms with Gasteiger partial charge in [-0.15, -0.1) is 0 Å². The van der Waals surface area contributed by atoms with Crippen LogP contribution in [0.3, 0.4) is 0 Å². The van der Waals surface area contributed by atoms with Crippen molar-refractivity contribution in [3.63, 3.8) is 0 Å². The molecule has 2 aromatic rings. The van der Waals surface area contributed by atoms with E-state index in [4.69, 9.17) is 21.4 Å². The average Bonchev–Trinajstić information content (AvgIpc) is 2.57. The Morgan fingerprint density at radius 2 is 1.76 bits per heavy atom. The van der Waals surface area contributed by atoms with Gasteiger partial charge in [0.2, 0.25) is 5.91 Å². The maximum atomic E-state index is 12.3. The van der Waals surface area contributed by atoms with Crippen LogP contribution in [0.2, 0.25) is 5.02 Å². The van der Waals surface area contributed by atoms with E-state index >= 15 is 0 Å². The van der Waals surface area contributed by atoms with Gasteiger partial charge in [-0.2, -0.15) is 0 Å². The molecule has 0 radical (unpaired) electrons. The molecule has 2 rings (SSSR count). The number of nitrogens with one attached hydrogen (secondary N) is 1. The summed E-state index contributed by atoms with van der Waals surface area (Å²) in [7, 11) is 0. The van der Waals surface area contributed by atoms with E-state index in [1.54, 1.807) is 48.5 Å². The second-order valence-corrected chi connectivity index (χ2v) is 5.96. The van der Waals surface area contributed by atoms with Crippen LogP contribution < -0.4 is 10.1 Å². The van der Waals surface area contributed by atoms with Crippen LogP contribution in [-0.4, -0.2) is 23.6 Å². The van der Waals surface area contributed by atoms with Gasteiger partial charge in [0.05, 0.1) is 25.5 Å². The van der Waals surface area contributed by atoms with Crippen molar-refractivity contribution < 1.29 is 19.4 Å². The number of hydrogen-bond acceptors (Lipinski definition) is 3. The van der Waals surface area contributed by atoms with E-state index in [-0.39, 0.29) is 18.7 Å². The summed E-state index contributed by atoms with van der Waals surface area (Å²) in [6.45, 7) is 2.44. The summed E-state index contributed by atoms with van der Waals surface area (Å²) in [4.78, 5) is 23.4. The molecule has 0 heterocycles. The number of carboxylic acid groups (broad SMARTS) is 1. The Labute approximate surface area is 151 Å². The van der Waals surface area contributed by atoms with Crippen LogP contribution in [0.25, 0.3) is 0 Å². The molecule has 1 amide bonds. The van der Waals surface area contributed by atoms with E-state index in [1.165, 1.54) is 0 Å². The lowest BCUT2D eigenvalue weighted by Crippen LogP contribution is -2.31. The number of ether oxygens (including phenoxy) is 1. The van der Waals surface area contributed by atoms with Crippen LogP contribution in [0, 0.1) is 0 Å². The third kappa shape index (κ3) is 6.12. The van der Waals surface area contributed by atoms with Gasteiger partial charge in [0, 0.05) is 5.02 Å². The first-order valence-corrected chi connectivity index (χ1v) is 8.34. The first-order chi connectivity index (χ1) is 12.0. The summed E-state index contributed by atoms with van der Waals surface area (Å²) >= 11 is 5.83. The van der Waals surface area contributed by atoms with Crippen LogP contribution in [-0.2, 0) is 16.0 Å². The zero-order valence-corrected chi connectivity index (χ0v) is 14.6. The summed E-state index contributed by atoms with van der Waals surface area (Å²) < 4.78 is 5.38. The number of carbonyl (C=O) groups is 2. The van der Waals surface area contributed by atoms with E-state index in [9.17, 15) is 9.59 Å². The molecule has 0 aliphatic rings. The maximum Gasteiger partial charge on any atom is 0.305 e. The van der Waals surface area contributed by atoms with Gasteiger partial charge >= 0.3 is 5.97 Å². The zero-order valence-electron chi connectivity index (χ0n) is 13.9. The van der Waals surface area contributed by atoms with Crippen LogP contribution in [0.5, 0.6) is 5.75 Å². The minimum atomic E-state index is -0.981. The highest BCUT2D eigenvalue weighted by atomic mass is 35.5. The topological polar surface area (TPSA) is 75.6 Å². The van der Waals surface area contributed by atoms with Gasteiger partial charge in [-0.3, -0.25) is 9.59 Å². The third-order valence-corrected chi connectivity index (χ3v) is 3.84. The Kier molecular flexibility index (Phi) is 6.83. The number of benzene rings is 2. The minimum Gasteiger partial charge on any atom is -0.494 e. The highest BCUT2D eigenvalue weighted by Crippen LogP contribution is 2.21. The number of hydrogen-bond donors (Lipinski definition) is 2. The Balaban J connectivity index is 2.07. The summed E-state index contributed by atoms with van der Waals surface area (Å²) in [5, 5.41) is 12.5. The summed E-state index contributed by atoms with van der Waals surface area (Å²) in [5.41, 5.74) is 1.53. The normalized spacial score (nSPS) is 11.6. The molecule has 0 bridgehead atoms. The minimum absolute atomic E-state index is 0.157. The van der Waals surface area contributed by atoms with Crippen LogP contribution in [0.1, 0.15) is 30.5 Å². The number of halogens is 1. The lowest BCUT2D eigenvalue weighted by molar-refractivity contribution is -0.137. The molecule has 5 nitrogen and oxygen atoms in total. The number of rotatable bonds is 8. The lowest BCUT2D eigenvalue weighted by Gasteiger charge is -2.18. The molecule has 2 N–H and O–H groups in total. The standard InChI is InChI=1S/C19H20ClNO4/c1-2-25-16-9-5-14(6-10-16)17(12-19(23)24)21-18(22)11-13-3-7-15(20)8-4-13/h3-10,17H,2,11-12H2,1H3,(H,21,22)(H,23,24)/t17-/m1/s1. The number of carboxylic acids is 1. The van der Waals surface area contributed by atoms with Crippen molar-refractivity contribution >= 4 is 23.5 Å². The predicted octanol–water partition coefficient (Wildman–Crippen LogP) is 3.61. The van der Waals surface area contributed by atoms with E-state index in [1.807, 2.05) is 6.92 Å². The second kappa shape index (κ2) is 9.08. The van der Waals surface area contributed by atoms with Gasteiger partial charge in [-0.1, -0.05) is 35.9 Å². The SMILES string of the molecule is CCOc1ccc([C@@H](CC(=O)O)NC(=O)Cc2ccc(Cl)cc2)cc1. The largest absolute Gasteiger partial charge is 0.494 e. The summed E-state index contributed by atoms with van der Waals surface area (Å²) in [5.74, 6) is -0.527. The first kappa shape index (κ1) is 18.8. The molecule has 2 aromatic carbocycles. The van der Waals surface area contributed by atoms with E-state index in [0.29, 0.717) is 17.4 Å². The molecule has 25 heavy (non-hydrogen) atoms. The van der Waals surface area contributed by atoms with Gasteiger partial charge in [0.1, 0.15) is 5.75 Å². The van der Waals surface area contributed by atoms with Crippen molar-refractivity contribution in [1.29, 1.82) is 0 Å². The van der Waals surface area contributed by atoms with E-state index in [0.717, 1.165) is 11.1 Å². The average molecular weight is 362 g/mol. The molecule has 0 aliphatic carbocycles. The van der Waals surface area contributed by atoms with Gasteiger partial charge in [0.15, 0.2) is 0 Å². The molecular formula is C19H20ClNO4. The smallest absolute Gasteiger partial charge is 0.305 e. The first-order valence-electron chi connectivity index (χ1n) is 7.96. The fourth-order valence-electron chi connectivity index (χ4n) is 2.42. The number of aliphatic carboxylic acids is 1. The Bertz CT molecular complexity index is 713. The van der Waals surface area contributed by atoms with Crippen molar-refractivity contribution in [2.24, 2.45) is 0 Å². The molecule has 0 saturated heterocycles. The van der Waals surface area contributed by atoms with Crippen molar-refractivity contribution in [3.8, 4) is 5.75 Å². The number of carbonyl (C=O) groups excluding carboxylic acids is 1. The van der Waals surface area contributed by atoms with Crippen molar-refractivity contribution in [2.45, 2.75) is 25.8 Å². The Hall–Kier alpha value is -2.53. The van der Waals surface area contributed by atoms with Crippen molar-refractivity contribution in [3.05, 3.63) is 64.7 Å². The van der Waals surface area contributed by atoms with Crippen LogP contribution >= 0.6 is 11.6 Å². The van der Waals surface area contributed by atoms with E-state index in [2.05, 4.69) is 5.32 Å². The molecule has 0 aromatic heterocycles. The van der Waals surface area contributed by atoms with Gasteiger partial charge in [0.25, 0.3) is 0 Å². The van der Waals surface area contributed by atoms with Gasteiger partial charge in [-0.25, -0.2) is 0 Å². The van der Waals surface area contributed by atoms with Crippen molar-refractivity contribution in [2.75, 3.05) is 6.61 Å². The highest BCUT2D eigenvalue weighted by Gasteiger charge is 2.18. The van der Waals surface area contributed by atoms with Gasteiger partial charge < -0.3 is 15.2 Å². The number of amides is 1. The Morgan fingerprint density at radius 1 is 1.12 bits per heavy atom. The lowest BCUT2D eigenvalue weighted by atomic mass is 10.0. The molecule has 1 atom stereocenters. The summed E-state index contributed by atoms with van der Waals surface area (Å²) in [6, 6.07) is 13.4. The van der Waals surface area contributed by atoms with E-state index < -0.39 is 12.0 Å². The Morgan fingerprint density at radius 3 is 2.32 bits per heavy atom. The second-order valence-electron chi connectivity index (χ2n) is 5.52. The predicted molar refractivity (Wildman–Crippen MR) is 95.9 cm³/mol. The molecule has 0 unspecified atom stereocenters. The summed E-state index contributed by atoms with van der Waals surface area (Å²) in [6.07, 6.45) is -0.0370. The van der Waals surface area contributed by atoms with Crippen molar-refractivity contribution in [1.82, 2.24) is 5.32 Å². The quantitative estimate of drug-likeness (QED) is 0.753. The molecule has 0 saturated carbocycles. The fraction of sp³-hybridized carbons (Fsp3) is 0.263. The molecular weight excluding hydrogens is 342 g/mol. The fourth-order valence-corrected chi connectivity index (χ4v) is 2.55. The maximum absolute atomic E-state index is 12.3. The van der Waals surface area contributed by atoms with Crippen LogP contribution in [0.15, 0.2) is 48.5 Å². The van der Waals surface area contributed by atoms with Gasteiger partial charge in [-0.05, 0) is 42.3 Å². The molecule has 0 fully saturated rings. The van der Waals surface area contributed by atoms with Crippen LogP contribution in [0.4, 0.5) is 0 Å². The zero-order chi connectivity index (χ0) is 18.2. The molecule has 0 aliphatic heterocycles. The third-order valence-electron chi connectivity index (χ3n) is 3.59. The molecule has 132 valence electrons. The highest BCUT2D eigenvalue weighted by molar-refractivity contribution is 6.30. The molecule has 0 spiro atoms.